The average Bonchev–Trinajstić information content (AvgIpc) is 2.59. The van der Waals surface area contributed by atoms with E-state index in [-0.39, 0.29) is 0 Å². The zero-order chi connectivity index (χ0) is 16.9. The molecule has 0 saturated heterocycles. The smallest absolute Gasteiger partial charge is 0.241 e. The number of primary amides is 1. The highest BCUT2D eigenvalue weighted by atomic mass is 79.9. The summed E-state index contributed by atoms with van der Waals surface area (Å²) in [6.07, 6.45) is 3.00. The van der Waals surface area contributed by atoms with Crippen molar-refractivity contribution in [2.24, 2.45) is 5.73 Å². The highest BCUT2D eigenvalue weighted by Gasteiger charge is 2.05. The van der Waals surface area contributed by atoms with Gasteiger partial charge in [0, 0.05) is 6.08 Å². The van der Waals surface area contributed by atoms with Gasteiger partial charge in [-0.15, -0.1) is 0 Å². The second-order valence-corrected chi connectivity index (χ2v) is 6.21. The minimum Gasteiger partial charge on any atom is -0.488 e. The summed E-state index contributed by atoms with van der Waals surface area (Å²) in [6, 6.07) is 20.1. The van der Waals surface area contributed by atoms with Crippen LogP contribution in [-0.4, -0.2) is 5.91 Å². The first-order valence-electron chi connectivity index (χ1n) is 7.50. The van der Waals surface area contributed by atoms with Gasteiger partial charge in [-0.3, -0.25) is 4.79 Å². The number of halogens is 1. The Morgan fingerprint density at radius 3 is 2.67 bits per heavy atom. The molecule has 0 bridgehead atoms. The molecular weight excluding hydrogens is 366 g/mol. The molecule has 4 heteroatoms. The maximum Gasteiger partial charge on any atom is 0.241 e. The van der Waals surface area contributed by atoms with E-state index in [4.69, 9.17) is 10.5 Å². The van der Waals surface area contributed by atoms with Crippen LogP contribution in [-0.2, 0) is 11.4 Å². The van der Waals surface area contributed by atoms with Crippen LogP contribution in [0.15, 0.2) is 71.2 Å². The summed E-state index contributed by atoms with van der Waals surface area (Å²) in [5.41, 5.74) is 7.11. The summed E-state index contributed by atoms with van der Waals surface area (Å²) in [5, 5.41) is 2.39. The molecule has 1 amide bonds. The van der Waals surface area contributed by atoms with Crippen LogP contribution < -0.4 is 10.5 Å². The largest absolute Gasteiger partial charge is 0.488 e. The number of amides is 1. The number of benzene rings is 3. The van der Waals surface area contributed by atoms with Crippen LogP contribution >= 0.6 is 15.9 Å². The lowest BCUT2D eigenvalue weighted by Gasteiger charge is -2.11. The Balaban J connectivity index is 1.78. The van der Waals surface area contributed by atoms with Crippen molar-refractivity contribution in [3.05, 3.63) is 82.3 Å². The topological polar surface area (TPSA) is 52.3 Å². The monoisotopic (exact) mass is 381 g/mol. The Kier molecular flexibility index (Phi) is 4.96. The van der Waals surface area contributed by atoms with Gasteiger partial charge in [0.25, 0.3) is 0 Å². The first-order chi connectivity index (χ1) is 11.6. The van der Waals surface area contributed by atoms with Crippen LogP contribution in [0.1, 0.15) is 11.1 Å². The molecule has 0 radical (unpaired) electrons. The number of carbonyl (C=O) groups is 1. The molecule has 24 heavy (non-hydrogen) atoms. The maximum absolute atomic E-state index is 10.8. The van der Waals surface area contributed by atoms with Crippen molar-refractivity contribution in [2.45, 2.75) is 6.61 Å². The lowest BCUT2D eigenvalue weighted by molar-refractivity contribution is -0.113. The van der Waals surface area contributed by atoms with Gasteiger partial charge in [0.15, 0.2) is 0 Å². The van der Waals surface area contributed by atoms with E-state index in [0.717, 1.165) is 21.3 Å². The second-order valence-electron chi connectivity index (χ2n) is 5.35. The minimum absolute atomic E-state index is 0.470. The molecule has 0 fully saturated rings. The van der Waals surface area contributed by atoms with E-state index in [2.05, 4.69) is 40.2 Å². The third-order valence-corrected chi connectivity index (χ3v) is 4.28. The Labute approximate surface area is 148 Å². The van der Waals surface area contributed by atoms with Gasteiger partial charge in [-0.1, -0.05) is 48.5 Å². The fourth-order valence-electron chi connectivity index (χ4n) is 2.49. The van der Waals surface area contributed by atoms with E-state index in [9.17, 15) is 4.79 Å². The zero-order valence-corrected chi connectivity index (χ0v) is 14.5. The van der Waals surface area contributed by atoms with Crippen molar-refractivity contribution >= 4 is 38.7 Å². The average molecular weight is 382 g/mol. The van der Waals surface area contributed by atoms with Crippen LogP contribution in [0.25, 0.3) is 16.8 Å². The first kappa shape index (κ1) is 16.3. The van der Waals surface area contributed by atoms with Crippen molar-refractivity contribution in [2.75, 3.05) is 0 Å². The van der Waals surface area contributed by atoms with Crippen molar-refractivity contribution in [1.29, 1.82) is 0 Å². The summed E-state index contributed by atoms with van der Waals surface area (Å²) in [5.74, 6) is 0.279. The zero-order valence-electron chi connectivity index (χ0n) is 12.9. The summed E-state index contributed by atoms with van der Waals surface area (Å²) < 4.78 is 6.78. The molecule has 0 aliphatic carbocycles. The van der Waals surface area contributed by atoms with Crippen LogP contribution in [0.2, 0.25) is 0 Å². The maximum atomic E-state index is 10.8. The molecule has 0 saturated carbocycles. The van der Waals surface area contributed by atoms with E-state index in [1.807, 2.05) is 36.4 Å². The molecule has 3 rings (SSSR count). The summed E-state index contributed by atoms with van der Waals surface area (Å²) >= 11 is 3.50. The Bertz CT molecular complexity index is 913. The van der Waals surface area contributed by atoms with Gasteiger partial charge in [0.2, 0.25) is 5.91 Å². The molecule has 0 spiro atoms. The van der Waals surface area contributed by atoms with Crippen LogP contribution in [0, 0.1) is 0 Å². The summed E-state index contributed by atoms with van der Waals surface area (Å²) in [7, 11) is 0. The number of carbonyl (C=O) groups excluding carboxylic acids is 1. The molecule has 3 aromatic rings. The highest BCUT2D eigenvalue weighted by molar-refractivity contribution is 9.10. The van der Waals surface area contributed by atoms with E-state index in [1.165, 1.54) is 16.8 Å². The molecule has 0 aromatic heterocycles. The van der Waals surface area contributed by atoms with E-state index in [0.29, 0.717) is 6.61 Å². The fraction of sp³-hybridized carbons (Fsp3) is 0.0500. The van der Waals surface area contributed by atoms with Gasteiger partial charge >= 0.3 is 0 Å². The van der Waals surface area contributed by atoms with Gasteiger partial charge in [0.05, 0.1) is 4.47 Å². The Morgan fingerprint density at radius 1 is 1.08 bits per heavy atom. The molecule has 0 atom stereocenters. The van der Waals surface area contributed by atoms with Gasteiger partial charge in [0.1, 0.15) is 12.4 Å². The molecule has 0 unspecified atom stereocenters. The number of fused-ring (bicyclic) bond motifs is 1. The SMILES string of the molecule is NC(=O)/C=C/c1ccc(OCc2cccc3ccccc23)c(Br)c1. The molecule has 3 aromatic carbocycles. The van der Waals surface area contributed by atoms with Crippen molar-refractivity contribution in [1.82, 2.24) is 0 Å². The lowest BCUT2D eigenvalue weighted by Crippen LogP contribution is -2.05. The number of nitrogens with two attached hydrogens (primary N) is 1. The first-order valence-corrected chi connectivity index (χ1v) is 8.29. The normalized spacial score (nSPS) is 11.0. The van der Waals surface area contributed by atoms with E-state index in [1.54, 1.807) is 6.08 Å². The van der Waals surface area contributed by atoms with Gasteiger partial charge in [-0.25, -0.2) is 0 Å². The van der Waals surface area contributed by atoms with E-state index < -0.39 is 5.91 Å². The molecule has 2 N–H and O–H groups in total. The standard InChI is InChI=1S/C20H16BrNO2/c21-18-12-14(9-11-20(22)23)8-10-19(18)24-13-16-6-3-5-15-4-1-2-7-17(15)16/h1-12H,13H2,(H2,22,23)/b11-9+. The number of rotatable bonds is 5. The van der Waals surface area contributed by atoms with Crippen molar-refractivity contribution in [3.8, 4) is 5.75 Å². The third kappa shape index (κ3) is 3.84. The summed E-state index contributed by atoms with van der Waals surface area (Å²) in [4.78, 5) is 10.8. The van der Waals surface area contributed by atoms with Gasteiger partial charge < -0.3 is 10.5 Å². The van der Waals surface area contributed by atoms with Crippen LogP contribution in [0.3, 0.4) is 0 Å². The molecule has 3 nitrogen and oxygen atoms in total. The number of hydrogen-bond donors (Lipinski definition) is 1. The molecule has 120 valence electrons. The van der Waals surface area contributed by atoms with Gasteiger partial charge in [-0.05, 0) is 56.0 Å². The number of hydrogen-bond acceptors (Lipinski definition) is 2. The molecule has 0 aliphatic heterocycles. The minimum atomic E-state index is -0.470. The predicted molar refractivity (Wildman–Crippen MR) is 101 cm³/mol. The highest BCUT2D eigenvalue weighted by Crippen LogP contribution is 2.28. The Hall–Kier alpha value is -2.59. The predicted octanol–water partition coefficient (Wildman–Crippen LogP) is 4.68. The second kappa shape index (κ2) is 7.32. The van der Waals surface area contributed by atoms with Crippen molar-refractivity contribution in [3.63, 3.8) is 0 Å². The quantitative estimate of drug-likeness (QED) is 0.652. The van der Waals surface area contributed by atoms with Crippen LogP contribution in [0.4, 0.5) is 0 Å². The molecule has 0 heterocycles. The van der Waals surface area contributed by atoms with E-state index >= 15 is 0 Å². The number of ether oxygens (including phenoxy) is 1. The van der Waals surface area contributed by atoms with Crippen LogP contribution in [0.5, 0.6) is 5.75 Å². The molecule has 0 aliphatic rings. The van der Waals surface area contributed by atoms with Crippen molar-refractivity contribution < 1.29 is 9.53 Å². The van der Waals surface area contributed by atoms with Gasteiger partial charge in [-0.2, -0.15) is 0 Å². The molecular formula is C20H16BrNO2. The lowest BCUT2D eigenvalue weighted by atomic mass is 10.1. The third-order valence-electron chi connectivity index (χ3n) is 3.66. The fourth-order valence-corrected chi connectivity index (χ4v) is 3.00. The Morgan fingerprint density at radius 2 is 1.88 bits per heavy atom. The summed E-state index contributed by atoms with van der Waals surface area (Å²) in [6.45, 7) is 0.483.